The lowest BCUT2D eigenvalue weighted by atomic mass is 9.84. The Kier molecular flexibility index (Phi) is 4.21. The molecule has 1 atom stereocenters. The van der Waals surface area contributed by atoms with Crippen LogP contribution in [0.1, 0.15) is 26.3 Å². The monoisotopic (exact) mass is 469 g/mol. The summed E-state index contributed by atoms with van der Waals surface area (Å²) in [5.41, 5.74) is 1.46. The standard InChI is InChI=1S/C31H19NO4/c33-29-23-14-12-21-19-10-4-8-18-9-5-11-20(26(18)19)22-13-15-24(28(23)27(21)22)30(34)32(29)25(31(35)36)16-17-6-2-1-3-7-17/h1-15,25H,16H2,(H,35,36)/t25-/m0/s1. The average molecular weight is 469 g/mol. The van der Waals surface area contributed by atoms with Gasteiger partial charge < -0.3 is 5.11 Å². The first-order chi connectivity index (χ1) is 17.5. The minimum atomic E-state index is -1.31. The van der Waals surface area contributed by atoms with Gasteiger partial charge in [-0.2, -0.15) is 0 Å². The smallest absolute Gasteiger partial charge is 0.327 e. The van der Waals surface area contributed by atoms with E-state index in [2.05, 4.69) is 24.3 Å². The molecule has 1 aliphatic heterocycles. The quantitative estimate of drug-likeness (QED) is 0.194. The van der Waals surface area contributed by atoms with E-state index in [4.69, 9.17) is 0 Å². The maximum atomic E-state index is 13.8. The molecule has 0 bridgehead atoms. The third-order valence-electron chi connectivity index (χ3n) is 7.41. The normalized spacial score (nSPS) is 14.4. The van der Waals surface area contributed by atoms with Crippen molar-refractivity contribution in [1.29, 1.82) is 0 Å². The van der Waals surface area contributed by atoms with Crippen molar-refractivity contribution in [3.8, 4) is 0 Å². The van der Waals surface area contributed by atoms with Gasteiger partial charge in [0.2, 0.25) is 0 Å². The van der Waals surface area contributed by atoms with Gasteiger partial charge in [-0.25, -0.2) is 4.79 Å². The predicted octanol–water partition coefficient (Wildman–Crippen LogP) is 6.03. The van der Waals surface area contributed by atoms with Crippen molar-refractivity contribution in [2.45, 2.75) is 12.5 Å². The van der Waals surface area contributed by atoms with E-state index in [0.29, 0.717) is 16.5 Å². The second kappa shape index (κ2) is 7.36. The van der Waals surface area contributed by atoms with Crippen LogP contribution in [0, 0.1) is 0 Å². The summed E-state index contributed by atoms with van der Waals surface area (Å²) in [6, 6.07) is 27.4. The number of fused-ring (bicyclic) bond motifs is 2. The first kappa shape index (κ1) is 20.6. The second-order valence-electron chi connectivity index (χ2n) is 9.30. The Hall–Kier alpha value is -4.77. The number of rotatable bonds is 4. The first-order valence-electron chi connectivity index (χ1n) is 11.8. The number of benzene rings is 6. The lowest BCUT2D eigenvalue weighted by molar-refractivity contribution is -0.141. The van der Waals surface area contributed by atoms with E-state index in [1.54, 1.807) is 24.3 Å². The average Bonchev–Trinajstić information content (AvgIpc) is 2.90. The molecule has 0 aliphatic carbocycles. The van der Waals surface area contributed by atoms with Crippen LogP contribution in [0.2, 0.25) is 0 Å². The van der Waals surface area contributed by atoms with Gasteiger partial charge in [0, 0.05) is 22.9 Å². The van der Waals surface area contributed by atoms with Crippen molar-refractivity contribution in [2.24, 2.45) is 0 Å². The number of carboxylic acids is 1. The highest BCUT2D eigenvalue weighted by atomic mass is 16.4. The Morgan fingerprint density at radius 1 is 0.639 bits per heavy atom. The van der Waals surface area contributed by atoms with Gasteiger partial charge in [-0.1, -0.05) is 78.9 Å². The van der Waals surface area contributed by atoms with E-state index in [9.17, 15) is 19.5 Å². The fourth-order valence-corrected chi connectivity index (χ4v) is 5.85. The van der Waals surface area contributed by atoms with Crippen LogP contribution in [-0.2, 0) is 11.2 Å². The van der Waals surface area contributed by atoms with Crippen molar-refractivity contribution in [3.05, 3.63) is 108 Å². The Morgan fingerprint density at radius 3 is 1.75 bits per heavy atom. The topological polar surface area (TPSA) is 74.7 Å². The van der Waals surface area contributed by atoms with Gasteiger partial charge in [-0.15, -0.1) is 0 Å². The first-order valence-corrected chi connectivity index (χ1v) is 11.8. The Morgan fingerprint density at radius 2 is 1.19 bits per heavy atom. The van der Waals surface area contributed by atoms with Crippen molar-refractivity contribution in [1.82, 2.24) is 4.90 Å². The SMILES string of the molecule is O=C(O)[C@H](Cc1ccccc1)N1C(=O)c2ccc3c4cccc5cccc(c6ccc(c2c36)C1=O)c54. The summed E-state index contributed by atoms with van der Waals surface area (Å²) < 4.78 is 0. The molecule has 0 spiro atoms. The minimum absolute atomic E-state index is 0.0394. The predicted molar refractivity (Wildman–Crippen MR) is 140 cm³/mol. The molecule has 172 valence electrons. The molecule has 0 saturated heterocycles. The summed E-state index contributed by atoms with van der Waals surface area (Å²) in [6.45, 7) is 0. The van der Waals surface area contributed by atoms with E-state index >= 15 is 0 Å². The van der Waals surface area contributed by atoms with Gasteiger partial charge >= 0.3 is 5.97 Å². The molecule has 36 heavy (non-hydrogen) atoms. The third kappa shape index (κ3) is 2.68. The van der Waals surface area contributed by atoms with Crippen molar-refractivity contribution < 1.29 is 19.5 Å². The second-order valence-corrected chi connectivity index (χ2v) is 9.30. The van der Waals surface area contributed by atoms with Crippen molar-refractivity contribution >= 4 is 60.9 Å². The third-order valence-corrected chi connectivity index (χ3v) is 7.41. The molecular weight excluding hydrogens is 450 g/mol. The number of imide groups is 1. The summed E-state index contributed by atoms with van der Waals surface area (Å²) in [6.07, 6.45) is 0.0394. The van der Waals surface area contributed by atoms with Gasteiger partial charge in [0.15, 0.2) is 0 Å². The molecule has 5 heteroatoms. The van der Waals surface area contributed by atoms with Crippen LogP contribution < -0.4 is 0 Å². The number of hydrogen-bond donors (Lipinski definition) is 1. The highest BCUT2D eigenvalue weighted by Gasteiger charge is 2.41. The number of carbonyl (C=O) groups is 3. The van der Waals surface area contributed by atoms with Gasteiger partial charge in [0.25, 0.3) is 11.8 Å². The summed E-state index contributed by atoms with van der Waals surface area (Å²) in [7, 11) is 0. The highest BCUT2D eigenvalue weighted by molar-refractivity contribution is 6.38. The Bertz CT molecular complexity index is 1790. The van der Waals surface area contributed by atoms with Crippen LogP contribution in [0.4, 0.5) is 0 Å². The van der Waals surface area contributed by atoms with Gasteiger partial charge in [-0.05, 0) is 55.4 Å². The van der Waals surface area contributed by atoms with Crippen LogP contribution in [0.25, 0.3) is 43.1 Å². The molecule has 6 aromatic carbocycles. The van der Waals surface area contributed by atoms with Crippen LogP contribution in [-0.4, -0.2) is 33.8 Å². The molecule has 1 aliphatic rings. The lowest BCUT2D eigenvalue weighted by Crippen LogP contribution is -2.51. The molecule has 0 saturated carbocycles. The zero-order valence-electron chi connectivity index (χ0n) is 19.1. The summed E-state index contributed by atoms with van der Waals surface area (Å²) >= 11 is 0. The van der Waals surface area contributed by atoms with Crippen molar-refractivity contribution in [2.75, 3.05) is 0 Å². The van der Waals surface area contributed by atoms with Crippen LogP contribution in [0.5, 0.6) is 0 Å². The number of amides is 2. The number of hydrogen-bond acceptors (Lipinski definition) is 3. The van der Waals surface area contributed by atoms with Crippen molar-refractivity contribution in [3.63, 3.8) is 0 Å². The van der Waals surface area contributed by atoms with E-state index in [1.807, 2.05) is 42.5 Å². The van der Waals surface area contributed by atoms with Gasteiger partial charge in [0.05, 0.1) is 0 Å². The lowest BCUT2D eigenvalue weighted by Gasteiger charge is -2.32. The zero-order valence-corrected chi connectivity index (χ0v) is 19.1. The molecule has 7 rings (SSSR count). The van der Waals surface area contributed by atoms with E-state index < -0.39 is 23.8 Å². The maximum absolute atomic E-state index is 13.8. The van der Waals surface area contributed by atoms with Gasteiger partial charge in [-0.3, -0.25) is 14.5 Å². The number of nitrogens with zero attached hydrogens (tertiary/aromatic N) is 1. The van der Waals surface area contributed by atoms with Crippen LogP contribution in [0.15, 0.2) is 91.0 Å². The summed E-state index contributed by atoms with van der Waals surface area (Å²) in [5.74, 6) is -2.36. The molecule has 0 fully saturated rings. The van der Waals surface area contributed by atoms with Gasteiger partial charge in [0.1, 0.15) is 6.04 Å². The maximum Gasteiger partial charge on any atom is 0.327 e. The molecule has 1 heterocycles. The summed E-state index contributed by atoms with van der Waals surface area (Å²) in [5, 5.41) is 17.9. The molecule has 0 aromatic heterocycles. The zero-order chi connectivity index (χ0) is 24.6. The van der Waals surface area contributed by atoms with E-state index in [-0.39, 0.29) is 6.42 Å². The Labute approximate surface area is 205 Å². The summed E-state index contributed by atoms with van der Waals surface area (Å²) in [4.78, 5) is 40.7. The molecule has 6 aromatic rings. The molecule has 0 radical (unpaired) electrons. The fraction of sp³-hybridized carbons (Fsp3) is 0.0645. The fourth-order valence-electron chi connectivity index (χ4n) is 5.85. The van der Waals surface area contributed by atoms with Crippen LogP contribution in [0.3, 0.4) is 0 Å². The van der Waals surface area contributed by atoms with E-state index in [1.165, 1.54) is 0 Å². The number of carbonyl (C=O) groups excluding carboxylic acids is 2. The molecule has 1 N–H and O–H groups in total. The largest absolute Gasteiger partial charge is 0.480 e. The van der Waals surface area contributed by atoms with E-state index in [0.717, 1.165) is 48.2 Å². The Balaban J connectivity index is 1.49. The number of carboxylic acid groups (broad SMARTS) is 1. The highest BCUT2D eigenvalue weighted by Crippen LogP contribution is 2.44. The molecule has 0 unspecified atom stereocenters. The van der Waals surface area contributed by atoms with Crippen LogP contribution >= 0.6 is 0 Å². The molecule has 5 nitrogen and oxygen atoms in total. The number of aliphatic carboxylic acids is 1. The minimum Gasteiger partial charge on any atom is -0.480 e. The molecular formula is C31H19NO4. The molecule has 2 amide bonds.